The summed E-state index contributed by atoms with van der Waals surface area (Å²) in [5, 5.41) is 0. The first kappa shape index (κ1) is 20.1. The molecule has 1 fully saturated rings. The Bertz CT molecular complexity index is 920. The van der Waals surface area contributed by atoms with Gasteiger partial charge in [-0.15, -0.1) is 0 Å². The standard InChI is InChI=1S/C21H19NO4S2/c1-3-22-19(23)18(28-21(22)27)12-14-6-10-17(11-7-14)26-13-15-4-8-16(9-5-15)20(24)25-2/h4-12H,3,13H2,1-2H3/b18-12+. The van der Waals surface area contributed by atoms with Crippen molar-refractivity contribution in [2.24, 2.45) is 0 Å². The largest absolute Gasteiger partial charge is 0.489 e. The van der Waals surface area contributed by atoms with Gasteiger partial charge in [0.05, 0.1) is 17.6 Å². The minimum Gasteiger partial charge on any atom is -0.489 e. The Kier molecular flexibility index (Phi) is 6.49. The fourth-order valence-corrected chi connectivity index (χ4v) is 3.99. The second kappa shape index (κ2) is 9.03. The molecule has 5 nitrogen and oxygen atoms in total. The first-order valence-electron chi connectivity index (χ1n) is 8.67. The van der Waals surface area contributed by atoms with Gasteiger partial charge in [0, 0.05) is 6.54 Å². The molecule has 2 aromatic carbocycles. The summed E-state index contributed by atoms with van der Waals surface area (Å²) in [5.41, 5.74) is 2.36. The summed E-state index contributed by atoms with van der Waals surface area (Å²) in [5.74, 6) is 0.308. The maximum Gasteiger partial charge on any atom is 0.337 e. The average Bonchev–Trinajstić information content (AvgIpc) is 2.99. The highest BCUT2D eigenvalue weighted by atomic mass is 32.2. The number of thiocarbonyl (C=S) groups is 1. The van der Waals surface area contributed by atoms with E-state index >= 15 is 0 Å². The molecule has 0 spiro atoms. The Morgan fingerprint density at radius 2 is 1.82 bits per heavy atom. The maximum atomic E-state index is 12.3. The zero-order valence-electron chi connectivity index (χ0n) is 15.5. The van der Waals surface area contributed by atoms with Crippen molar-refractivity contribution < 1.29 is 19.1 Å². The highest BCUT2D eigenvalue weighted by Gasteiger charge is 2.30. The Morgan fingerprint density at radius 1 is 1.14 bits per heavy atom. The van der Waals surface area contributed by atoms with Gasteiger partial charge >= 0.3 is 5.97 Å². The van der Waals surface area contributed by atoms with Gasteiger partial charge in [0.1, 0.15) is 16.7 Å². The van der Waals surface area contributed by atoms with Gasteiger partial charge in [0.15, 0.2) is 0 Å². The van der Waals surface area contributed by atoms with Crippen LogP contribution in [-0.2, 0) is 16.1 Å². The lowest BCUT2D eigenvalue weighted by molar-refractivity contribution is -0.121. The van der Waals surface area contributed by atoms with E-state index in [0.717, 1.165) is 16.9 Å². The molecule has 0 atom stereocenters. The number of carbonyl (C=O) groups excluding carboxylic acids is 2. The Hall–Kier alpha value is -2.64. The van der Waals surface area contributed by atoms with Crippen LogP contribution in [-0.4, -0.2) is 34.8 Å². The topological polar surface area (TPSA) is 55.8 Å². The number of hydrogen-bond donors (Lipinski definition) is 0. The predicted molar refractivity (Wildman–Crippen MR) is 114 cm³/mol. The summed E-state index contributed by atoms with van der Waals surface area (Å²) in [6.45, 7) is 2.87. The van der Waals surface area contributed by atoms with Crippen LogP contribution in [0.4, 0.5) is 0 Å². The van der Waals surface area contributed by atoms with Crippen LogP contribution in [0, 0.1) is 0 Å². The number of rotatable bonds is 6. The molecule has 2 aromatic rings. The number of ether oxygens (including phenoxy) is 2. The quantitative estimate of drug-likeness (QED) is 0.400. The van der Waals surface area contributed by atoms with Gasteiger partial charge in [-0.3, -0.25) is 9.69 Å². The lowest BCUT2D eigenvalue weighted by Crippen LogP contribution is -2.27. The molecule has 0 radical (unpaired) electrons. The summed E-state index contributed by atoms with van der Waals surface area (Å²) in [4.78, 5) is 25.9. The molecule has 28 heavy (non-hydrogen) atoms. The van der Waals surface area contributed by atoms with E-state index < -0.39 is 0 Å². The fraction of sp³-hybridized carbons (Fsp3) is 0.190. The molecule has 1 heterocycles. The minimum atomic E-state index is -0.362. The van der Waals surface area contributed by atoms with E-state index in [1.165, 1.54) is 18.9 Å². The summed E-state index contributed by atoms with van der Waals surface area (Å²) >= 11 is 6.54. The SMILES string of the molecule is CCN1C(=O)/C(=C\c2ccc(OCc3ccc(C(=O)OC)cc3)cc2)SC1=S. The van der Waals surface area contributed by atoms with Crippen LogP contribution in [0.1, 0.15) is 28.4 Å². The van der Waals surface area contributed by atoms with Gasteiger partial charge in [-0.1, -0.05) is 48.2 Å². The Morgan fingerprint density at radius 3 is 2.39 bits per heavy atom. The van der Waals surface area contributed by atoms with Gasteiger partial charge in [-0.2, -0.15) is 0 Å². The number of carbonyl (C=O) groups is 2. The highest BCUT2D eigenvalue weighted by molar-refractivity contribution is 8.26. The summed E-state index contributed by atoms with van der Waals surface area (Å²) in [6, 6.07) is 14.6. The van der Waals surface area contributed by atoms with E-state index in [1.54, 1.807) is 17.0 Å². The maximum absolute atomic E-state index is 12.3. The predicted octanol–water partition coefficient (Wildman–Crippen LogP) is 4.27. The Balaban J connectivity index is 1.61. The van der Waals surface area contributed by atoms with Crippen molar-refractivity contribution >= 4 is 46.3 Å². The smallest absolute Gasteiger partial charge is 0.337 e. The van der Waals surface area contributed by atoms with Crippen LogP contribution >= 0.6 is 24.0 Å². The number of nitrogens with zero attached hydrogens (tertiary/aromatic N) is 1. The molecular weight excluding hydrogens is 394 g/mol. The molecule has 0 bridgehead atoms. The van der Waals surface area contributed by atoms with Crippen molar-refractivity contribution in [2.75, 3.05) is 13.7 Å². The lowest BCUT2D eigenvalue weighted by Gasteiger charge is -2.09. The van der Waals surface area contributed by atoms with E-state index in [4.69, 9.17) is 17.0 Å². The molecule has 1 aliphatic heterocycles. The van der Waals surface area contributed by atoms with Crippen LogP contribution in [0.15, 0.2) is 53.4 Å². The molecule has 0 unspecified atom stereocenters. The van der Waals surface area contributed by atoms with Crippen molar-refractivity contribution in [1.29, 1.82) is 0 Å². The van der Waals surface area contributed by atoms with Gasteiger partial charge in [0.25, 0.3) is 5.91 Å². The van der Waals surface area contributed by atoms with Crippen molar-refractivity contribution in [3.05, 3.63) is 70.1 Å². The second-order valence-corrected chi connectivity index (χ2v) is 7.65. The minimum absolute atomic E-state index is 0.0479. The summed E-state index contributed by atoms with van der Waals surface area (Å²) in [6.07, 6.45) is 1.84. The molecule has 7 heteroatoms. The second-order valence-electron chi connectivity index (χ2n) is 5.97. The highest BCUT2D eigenvalue weighted by Crippen LogP contribution is 2.32. The van der Waals surface area contributed by atoms with Gasteiger partial charge in [-0.25, -0.2) is 4.79 Å². The summed E-state index contributed by atoms with van der Waals surface area (Å²) in [7, 11) is 1.36. The number of thioether (sulfide) groups is 1. The normalized spacial score (nSPS) is 15.2. The van der Waals surface area contributed by atoms with Crippen LogP contribution < -0.4 is 4.74 Å². The molecular formula is C21H19NO4S2. The third-order valence-corrected chi connectivity index (χ3v) is 5.53. The monoisotopic (exact) mass is 413 g/mol. The molecule has 1 saturated heterocycles. The van der Waals surface area contributed by atoms with Crippen molar-refractivity contribution in [2.45, 2.75) is 13.5 Å². The molecule has 0 aliphatic carbocycles. The third-order valence-electron chi connectivity index (χ3n) is 4.15. The van der Waals surface area contributed by atoms with Crippen molar-refractivity contribution in [3.63, 3.8) is 0 Å². The van der Waals surface area contributed by atoms with Gasteiger partial charge in [0.2, 0.25) is 0 Å². The van der Waals surface area contributed by atoms with Gasteiger partial charge < -0.3 is 9.47 Å². The number of esters is 1. The van der Waals surface area contributed by atoms with Crippen LogP contribution in [0.3, 0.4) is 0 Å². The first-order valence-corrected chi connectivity index (χ1v) is 9.89. The Labute approximate surface area is 173 Å². The van der Waals surface area contributed by atoms with E-state index in [9.17, 15) is 9.59 Å². The molecule has 0 saturated carbocycles. The first-order chi connectivity index (χ1) is 13.5. The lowest BCUT2D eigenvalue weighted by atomic mass is 10.1. The molecule has 144 valence electrons. The zero-order valence-corrected chi connectivity index (χ0v) is 17.1. The van der Waals surface area contributed by atoms with Crippen LogP contribution in [0.2, 0.25) is 0 Å². The van der Waals surface area contributed by atoms with E-state index in [2.05, 4.69) is 4.74 Å². The number of amides is 1. The van der Waals surface area contributed by atoms with Crippen molar-refractivity contribution in [1.82, 2.24) is 4.90 Å². The number of likely N-dealkylation sites (N-methyl/N-ethyl adjacent to an activating group) is 1. The molecule has 1 amide bonds. The zero-order chi connectivity index (χ0) is 20.1. The number of methoxy groups -OCH3 is 1. The van der Waals surface area contributed by atoms with Gasteiger partial charge in [-0.05, 0) is 48.4 Å². The van der Waals surface area contributed by atoms with Crippen LogP contribution in [0.25, 0.3) is 6.08 Å². The summed E-state index contributed by atoms with van der Waals surface area (Å²) < 4.78 is 11.1. The van der Waals surface area contributed by atoms with E-state index in [0.29, 0.717) is 27.9 Å². The van der Waals surface area contributed by atoms with E-state index in [1.807, 2.05) is 49.4 Å². The average molecular weight is 414 g/mol. The van der Waals surface area contributed by atoms with Crippen LogP contribution in [0.5, 0.6) is 5.75 Å². The number of benzene rings is 2. The number of hydrogen-bond acceptors (Lipinski definition) is 6. The molecule has 0 N–H and O–H groups in total. The molecule has 0 aromatic heterocycles. The third kappa shape index (κ3) is 4.61. The molecule has 1 aliphatic rings. The van der Waals surface area contributed by atoms with Crippen molar-refractivity contribution in [3.8, 4) is 5.75 Å². The molecule has 3 rings (SSSR count). The fourth-order valence-electron chi connectivity index (χ4n) is 2.61. The van der Waals surface area contributed by atoms with E-state index in [-0.39, 0.29) is 11.9 Å².